The smallest absolute Gasteiger partial charge is 0.293 e. The van der Waals surface area contributed by atoms with E-state index in [9.17, 15) is 9.59 Å². The lowest BCUT2D eigenvalue weighted by Gasteiger charge is -2.21. The Morgan fingerprint density at radius 3 is 2.80 bits per heavy atom. The first-order valence-corrected chi connectivity index (χ1v) is 6.29. The van der Waals surface area contributed by atoms with Crippen LogP contribution in [0.5, 0.6) is 0 Å². The molecule has 106 valence electrons. The average Bonchev–Trinajstić information content (AvgIpc) is 3.01. The Hall–Kier alpha value is -1.96. The molecule has 2 aliphatic rings. The van der Waals surface area contributed by atoms with Gasteiger partial charge in [0.25, 0.3) is 17.6 Å². The second-order valence-electron chi connectivity index (χ2n) is 4.79. The normalized spacial score (nSPS) is 19.5. The number of nitrogens with two attached hydrogens (primary N) is 1. The topological polar surface area (TPSA) is 93.9 Å². The van der Waals surface area contributed by atoms with E-state index in [1.165, 1.54) is 4.90 Å². The monoisotopic (exact) mass is 277 g/mol. The summed E-state index contributed by atoms with van der Waals surface area (Å²) in [6.07, 6.45) is 0. The number of carbonyl (C=O) groups excluding carboxylic acids is 2. The van der Waals surface area contributed by atoms with Gasteiger partial charge >= 0.3 is 0 Å². The second kappa shape index (κ2) is 4.55. The van der Waals surface area contributed by atoms with Gasteiger partial charge in [-0.25, -0.2) is 5.84 Å². The fourth-order valence-corrected chi connectivity index (χ4v) is 2.59. The molecular formula is C13H15N3O4. The predicted molar refractivity (Wildman–Crippen MR) is 69.4 cm³/mol. The Morgan fingerprint density at radius 2 is 2.15 bits per heavy atom. The van der Waals surface area contributed by atoms with Crippen LogP contribution in [0.1, 0.15) is 11.1 Å². The molecule has 7 heteroatoms. The number of hydrogen-bond acceptors (Lipinski definition) is 5. The maximum absolute atomic E-state index is 12.6. The van der Waals surface area contributed by atoms with Crippen molar-refractivity contribution in [2.75, 3.05) is 24.7 Å². The third kappa shape index (κ3) is 1.71. The van der Waals surface area contributed by atoms with Gasteiger partial charge in [0.1, 0.15) is 6.54 Å². The number of aryl methyl sites for hydroxylation is 1. The first-order valence-electron chi connectivity index (χ1n) is 6.29. The standard InChI is InChI=1S/C13H15N3O4/c1-8-2-3-10-9(6-8)13(19-4-5-20-13)12(18)16(10)7-11(17)15-14/h2-3,6H,4-5,7,14H2,1H3,(H,15,17). The number of ether oxygens (including phenoxy) is 2. The Labute approximate surface area is 115 Å². The van der Waals surface area contributed by atoms with E-state index in [1.54, 1.807) is 6.07 Å². The van der Waals surface area contributed by atoms with Crippen LogP contribution in [-0.4, -0.2) is 31.6 Å². The van der Waals surface area contributed by atoms with Crippen LogP contribution < -0.4 is 16.2 Å². The highest BCUT2D eigenvalue weighted by molar-refractivity contribution is 6.09. The van der Waals surface area contributed by atoms with E-state index < -0.39 is 11.7 Å². The number of amides is 2. The van der Waals surface area contributed by atoms with Gasteiger partial charge in [0.2, 0.25) is 0 Å². The van der Waals surface area contributed by atoms with Gasteiger partial charge in [-0.1, -0.05) is 11.6 Å². The number of nitrogens with zero attached hydrogens (tertiary/aromatic N) is 1. The Kier molecular flexibility index (Phi) is 2.97. The first-order chi connectivity index (χ1) is 9.58. The zero-order chi connectivity index (χ0) is 14.3. The first kappa shape index (κ1) is 13.0. The lowest BCUT2D eigenvalue weighted by Crippen LogP contribution is -2.46. The highest BCUT2D eigenvalue weighted by atomic mass is 16.7. The summed E-state index contributed by atoms with van der Waals surface area (Å²) >= 11 is 0. The van der Waals surface area contributed by atoms with Crippen LogP contribution in [0.3, 0.4) is 0 Å². The van der Waals surface area contributed by atoms with E-state index in [2.05, 4.69) is 0 Å². The molecule has 0 unspecified atom stereocenters. The van der Waals surface area contributed by atoms with Crippen LogP contribution in [0.15, 0.2) is 18.2 Å². The molecule has 0 aliphatic carbocycles. The van der Waals surface area contributed by atoms with E-state index in [1.807, 2.05) is 24.5 Å². The zero-order valence-electron chi connectivity index (χ0n) is 11.0. The molecule has 0 aromatic heterocycles. The molecule has 20 heavy (non-hydrogen) atoms. The molecule has 2 aliphatic heterocycles. The molecule has 2 heterocycles. The van der Waals surface area contributed by atoms with Gasteiger partial charge in [-0.3, -0.25) is 19.9 Å². The van der Waals surface area contributed by atoms with Crippen LogP contribution in [0.2, 0.25) is 0 Å². The molecule has 0 atom stereocenters. The van der Waals surface area contributed by atoms with Crippen LogP contribution >= 0.6 is 0 Å². The predicted octanol–water partition coefficient (Wildman–Crippen LogP) is -0.469. The third-order valence-electron chi connectivity index (χ3n) is 3.48. The highest BCUT2D eigenvalue weighted by Gasteiger charge is 2.56. The van der Waals surface area contributed by atoms with Gasteiger partial charge in [-0.05, 0) is 19.1 Å². The number of fused-ring (bicyclic) bond motifs is 2. The largest absolute Gasteiger partial charge is 0.336 e. The van der Waals surface area contributed by atoms with Crippen molar-refractivity contribution >= 4 is 17.5 Å². The molecule has 1 fully saturated rings. The van der Waals surface area contributed by atoms with Crippen LogP contribution in [0, 0.1) is 6.92 Å². The summed E-state index contributed by atoms with van der Waals surface area (Å²) in [5, 5.41) is 0. The second-order valence-corrected chi connectivity index (χ2v) is 4.79. The quantitative estimate of drug-likeness (QED) is 0.433. The van der Waals surface area contributed by atoms with E-state index in [4.69, 9.17) is 15.3 Å². The van der Waals surface area contributed by atoms with Crippen LogP contribution in [0.25, 0.3) is 0 Å². The number of hydrazine groups is 1. The SMILES string of the molecule is Cc1ccc2c(c1)C1(OCCO1)C(=O)N2CC(=O)NN. The number of benzene rings is 1. The molecular weight excluding hydrogens is 262 g/mol. The van der Waals surface area contributed by atoms with Crippen molar-refractivity contribution in [2.45, 2.75) is 12.7 Å². The van der Waals surface area contributed by atoms with Gasteiger partial charge in [-0.15, -0.1) is 0 Å². The molecule has 1 aromatic carbocycles. The lowest BCUT2D eigenvalue weighted by atomic mass is 10.0. The number of nitrogens with one attached hydrogen (secondary N) is 1. The fourth-order valence-electron chi connectivity index (χ4n) is 2.59. The van der Waals surface area contributed by atoms with Crippen molar-refractivity contribution in [3.05, 3.63) is 29.3 Å². The van der Waals surface area contributed by atoms with E-state index in [0.717, 1.165) is 5.56 Å². The van der Waals surface area contributed by atoms with Crippen molar-refractivity contribution in [3.8, 4) is 0 Å². The molecule has 1 aromatic rings. The molecule has 0 saturated carbocycles. The maximum atomic E-state index is 12.6. The van der Waals surface area contributed by atoms with Crippen molar-refractivity contribution in [2.24, 2.45) is 5.84 Å². The van der Waals surface area contributed by atoms with Gasteiger partial charge in [0.05, 0.1) is 18.9 Å². The highest BCUT2D eigenvalue weighted by Crippen LogP contribution is 2.45. The van der Waals surface area contributed by atoms with Gasteiger partial charge in [0.15, 0.2) is 0 Å². The molecule has 7 nitrogen and oxygen atoms in total. The number of hydrogen-bond donors (Lipinski definition) is 2. The Bertz CT molecular complexity index is 581. The summed E-state index contributed by atoms with van der Waals surface area (Å²) < 4.78 is 11.1. The van der Waals surface area contributed by atoms with E-state index in [0.29, 0.717) is 24.5 Å². The minimum atomic E-state index is -1.41. The fraction of sp³-hybridized carbons (Fsp3) is 0.385. The molecule has 1 spiro atoms. The number of rotatable bonds is 2. The summed E-state index contributed by atoms with van der Waals surface area (Å²) in [7, 11) is 0. The molecule has 3 N–H and O–H groups in total. The van der Waals surface area contributed by atoms with Gasteiger partial charge in [0, 0.05) is 5.56 Å². The summed E-state index contributed by atoms with van der Waals surface area (Å²) in [5.41, 5.74) is 4.27. The Balaban J connectivity index is 2.08. The zero-order valence-corrected chi connectivity index (χ0v) is 11.0. The van der Waals surface area contributed by atoms with Crippen molar-refractivity contribution in [1.82, 2.24) is 5.43 Å². The minimum Gasteiger partial charge on any atom is -0.336 e. The van der Waals surface area contributed by atoms with Crippen LogP contribution in [0.4, 0.5) is 5.69 Å². The molecule has 0 bridgehead atoms. The Morgan fingerprint density at radius 1 is 1.45 bits per heavy atom. The van der Waals surface area contributed by atoms with Crippen LogP contribution in [-0.2, 0) is 24.8 Å². The molecule has 1 saturated heterocycles. The third-order valence-corrected chi connectivity index (χ3v) is 3.48. The summed E-state index contributed by atoms with van der Waals surface area (Å²) in [6.45, 7) is 2.44. The summed E-state index contributed by atoms with van der Waals surface area (Å²) in [5.74, 6) is 2.83. The number of carbonyl (C=O) groups is 2. The summed E-state index contributed by atoms with van der Waals surface area (Å²) in [4.78, 5) is 25.4. The van der Waals surface area contributed by atoms with Gasteiger partial charge in [-0.2, -0.15) is 0 Å². The number of anilines is 1. The van der Waals surface area contributed by atoms with Crippen molar-refractivity contribution < 1.29 is 19.1 Å². The van der Waals surface area contributed by atoms with Gasteiger partial charge < -0.3 is 9.47 Å². The molecule has 3 rings (SSSR count). The summed E-state index contributed by atoms with van der Waals surface area (Å²) in [6, 6.07) is 5.50. The maximum Gasteiger partial charge on any atom is 0.293 e. The van der Waals surface area contributed by atoms with E-state index in [-0.39, 0.29) is 12.5 Å². The molecule has 2 amide bonds. The van der Waals surface area contributed by atoms with Crippen molar-refractivity contribution in [1.29, 1.82) is 0 Å². The average molecular weight is 277 g/mol. The van der Waals surface area contributed by atoms with E-state index >= 15 is 0 Å². The lowest BCUT2D eigenvalue weighted by molar-refractivity contribution is -0.180. The molecule has 0 radical (unpaired) electrons. The van der Waals surface area contributed by atoms with Crippen molar-refractivity contribution in [3.63, 3.8) is 0 Å². The minimum absolute atomic E-state index is 0.167.